The van der Waals surface area contributed by atoms with E-state index in [0.29, 0.717) is 6.04 Å². The summed E-state index contributed by atoms with van der Waals surface area (Å²) in [4.78, 5) is 0. The van der Waals surface area contributed by atoms with Crippen LogP contribution in [0, 0.1) is 19.8 Å². The van der Waals surface area contributed by atoms with Gasteiger partial charge in [-0.1, -0.05) is 67.9 Å². The van der Waals surface area contributed by atoms with E-state index in [4.69, 9.17) is 5.73 Å². The highest BCUT2D eigenvalue weighted by Gasteiger charge is 2.16. The van der Waals surface area contributed by atoms with Crippen molar-refractivity contribution in [2.24, 2.45) is 11.7 Å². The molecule has 1 heteroatoms. The van der Waals surface area contributed by atoms with Gasteiger partial charge in [0.2, 0.25) is 0 Å². The van der Waals surface area contributed by atoms with Crippen molar-refractivity contribution in [1.29, 1.82) is 0 Å². The lowest BCUT2D eigenvalue weighted by atomic mass is 9.90. The quantitative estimate of drug-likeness (QED) is 0.790. The van der Waals surface area contributed by atoms with Crippen LogP contribution in [-0.4, -0.2) is 6.04 Å². The van der Waals surface area contributed by atoms with Crippen LogP contribution in [0.2, 0.25) is 0 Å². The van der Waals surface area contributed by atoms with Crippen LogP contribution >= 0.6 is 0 Å². The molecule has 1 fully saturated rings. The monoisotopic (exact) mass is 259 g/mol. The van der Waals surface area contributed by atoms with Crippen molar-refractivity contribution in [3.8, 4) is 0 Å². The topological polar surface area (TPSA) is 26.0 Å². The summed E-state index contributed by atoms with van der Waals surface area (Å²) in [5.74, 6) is 0.878. The Morgan fingerprint density at radius 1 is 1.00 bits per heavy atom. The van der Waals surface area contributed by atoms with Crippen LogP contribution in [0.1, 0.15) is 61.6 Å². The summed E-state index contributed by atoms with van der Waals surface area (Å²) in [5.41, 5.74) is 10.5. The van der Waals surface area contributed by atoms with Crippen molar-refractivity contribution < 1.29 is 0 Å². The fraction of sp³-hybridized carbons (Fsp3) is 0.667. The molecular formula is C18H29N. The Morgan fingerprint density at radius 3 is 2.16 bits per heavy atom. The zero-order valence-electron chi connectivity index (χ0n) is 12.6. The second-order valence-corrected chi connectivity index (χ2v) is 6.55. The molecule has 1 unspecified atom stereocenters. The number of aryl methyl sites for hydroxylation is 2. The molecule has 2 N–H and O–H groups in total. The number of rotatable bonds is 4. The third-order valence-electron chi connectivity index (χ3n) is 4.39. The molecule has 0 aromatic heterocycles. The fourth-order valence-electron chi connectivity index (χ4n) is 3.60. The Morgan fingerprint density at radius 2 is 1.58 bits per heavy atom. The summed E-state index contributed by atoms with van der Waals surface area (Å²) in [6, 6.07) is 7.16. The van der Waals surface area contributed by atoms with Gasteiger partial charge in [0.15, 0.2) is 0 Å². The van der Waals surface area contributed by atoms with Crippen LogP contribution in [-0.2, 0) is 6.42 Å². The van der Waals surface area contributed by atoms with E-state index in [2.05, 4.69) is 32.0 Å². The molecule has 1 saturated carbocycles. The number of hydrogen-bond acceptors (Lipinski definition) is 1. The Labute approximate surface area is 118 Å². The van der Waals surface area contributed by atoms with Crippen molar-refractivity contribution in [2.45, 2.75) is 71.3 Å². The van der Waals surface area contributed by atoms with E-state index in [0.717, 1.165) is 12.3 Å². The molecule has 0 amide bonds. The van der Waals surface area contributed by atoms with Gasteiger partial charge < -0.3 is 5.73 Å². The standard InChI is InChI=1S/C18H29N/c1-14-9-15(2)11-17(10-14)13-18(19)12-16-7-5-3-4-6-8-16/h9-11,16,18H,3-8,12-13,19H2,1-2H3. The molecular weight excluding hydrogens is 230 g/mol. The van der Waals surface area contributed by atoms with Gasteiger partial charge in [-0.25, -0.2) is 0 Å². The number of nitrogens with two attached hydrogens (primary N) is 1. The maximum absolute atomic E-state index is 6.39. The summed E-state index contributed by atoms with van der Waals surface area (Å²) < 4.78 is 0. The van der Waals surface area contributed by atoms with Crippen molar-refractivity contribution in [1.82, 2.24) is 0 Å². The van der Waals surface area contributed by atoms with Crippen LogP contribution in [0.15, 0.2) is 18.2 Å². The molecule has 0 heterocycles. The van der Waals surface area contributed by atoms with E-state index in [-0.39, 0.29) is 0 Å². The van der Waals surface area contributed by atoms with Gasteiger partial charge in [-0.3, -0.25) is 0 Å². The molecule has 1 aliphatic rings. The molecule has 0 radical (unpaired) electrons. The third-order valence-corrected chi connectivity index (χ3v) is 4.39. The van der Waals surface area contributed by atoms with Gasteiger partial charge in [-0.05, 0) is 38.2 Å². The van der Waals surface area contributed by atoms with Crippen molar-refractivity contribution in [2.75, 3.05) is 0 Å². The van der Waals surface area contributed by atoms with Gasteiger partial charge in [-0.15, -0.1) is 0 Å². The van der Waals surface area contributed by atoms with Gasteiger partial charge in [0.05, 0.1) is 0 Å². The summed E-state index contributed by atoms with van der Waals surface area (Å²) >= 11 is 0. The van der Waals surface area contributed by atoms with Crippen molar-refractivity contribution >= 4 is 0 Å². The lowest BCUT2D eigenvalue weighted by Gasteiger charge is -2.19. The zero-order chi connectivity index (χ0) is 13.7. The van der Waals surface area contributed by atoms with Crippen LogP contribution in [0.5, 0.6) is 0 Å². The van der Waals surface area contributed by atoms with Gasteiger partial charge in [-0.2, -0.15) is 0 Å². The summed E-state index contributed by atoms with van der Waals surface area (Å²) in [5, 5.41) is 0. The molecule has 0 saturated heterocycles. The van der Waals surface area contributed by atoms with Crippen LogP contribution in [0.4, 0.5) is 0 Å². The molecule has 1 aromatic rings. The molecule has 1 nitrogen and oxygen atoms in total. The maximum Gasteiger partial charge on any atom is 0.00819 e. The van der Waals surface area contributed by atoms with Crippen molar-refractivity contribution in [3.63, 3.8) is 0 Å². The second-order valence-electron chi connectivity index (χ2n) is 6.55. The number of benzene rings is 1. The maximum atomic E-state index is 6.39. The average Bonchev–Trinajstić information content (AvgIpc) is 2.55. The summed E-state index contributed by atoms with van der Waals surface area (Å²) in [6.07, 6.45) is 10.8. The smallest absolute Gasteiger partial charge is 0.00819 e. The average molecular weight is 259 g/mol. The van der Waals surface area contributed by atoms with Gasteiger partial charge in [0.1, 0.15) is 0 Å². The summed E-state index contributed by atoms with van der Waals surface area (Å²) in [6.45, 7) is 4.35. The highest BCUT2D eigenvalue weighted by Crippen LogP contribution is 2.26. The third kappa shape index (κ3) is 4.99. The first kappa shape index (κ1) is 14.6. The first-order chi connectivity index (χ1) is 9.13. The first-order valence-electron chi connectivity index (χ1n) is 7.96. The lowest BCUT2D eigenvalue weighted by molar-refractivity contribution is 0.387. The molecule has 0 spiro atoms. The minimum absolute atomic E-state index is 0.337. The molecule has 2 rings (SSSR count). The first-order valence-corrected chi connectivity index (χ1v) is 7.96. The van der Waals surface area contributed by atoms with E-state index in [1.807, 2.05) is 0 Å². The minimum Gasteiger partial charge on any atom is -0.327 e. The molecule has 1 aromatic carbocycles. The largest absolute Gasteiger partial charge is 0.327 e. The van der Waals surface area contributed by atoms with Gasteiger partial charge in [0, 0.05) is 6.04 Å². The molecule has 106 valence electrons. The Kier molecular flexibility index (Phi) is 5.45. The Hall–Kier alpha value is -0.820. The second kappa shape index (κ2) is 7.09. The van der Waals surface area contributed by atoms with Crippen LogP contribution in [0.3, 0.4) is 0 Å². The van der Waals surface area contributed by atoms with E-state index in [1.54, 1.807) is 0 Å². The fourth-order valence-corrected chi connectivity index (χ4v) is 3.60. The predicted molar refractivity (Wildman–Crippen MR) is 83.4 cm³/mol. The Balaban J connectivity index is 1.87. The number of hydrogen-bond donors (Lipinski definition) is 1. The molecule has 0 aliphatic heterocycles. The minimum atomic E-state index is 0.337. The van der Waals surface area contributed by atoms with Crippen molar-refractivity contribution in [3.05, 3.63) is 34.9 Å². The van der Waals surface area contributed by atoms with Gasteiger partial charge >= 0.3 is 0 Å². The lowest BCUT2D eigenvalue weighted by Crippen LogP contribution is -2.26. The molecule has 1 atom stereocenters. The highest BCUT2D eigenvalue weighted by molar-refractivity contribution is 5.29. The Bertz CT molecular complexity index is 368. The summed E-state index contributed by atoms with van der Waals surface area (Å²) in [7, 11) is 0. The van der Waals surface area contributed by atoms with Crippen LogP contribution in [0.25, 0.3) is 0 Å². The normalized spacial score (nSPS) is 19.1. The zero-order valence-corrected chi connectivity index (χ0v) is 12.6. The van der Waals surface area contributed by atoms with Crippen LogP contribution < -0.4 is 5.73 Å². The molecule has 1 aliphatic carbocycles. The molecule has 0 bridgehead atoms. The van der Waals surface area contributed by atoms with Gasteiger partial charge in [0.25, 0.3) is 0 Å². The molecule has 19 heavy (non-hydrogen) atoms. The predicted octanol–water partition coefficient (Wildman–Crippen LogP) is 4.53. The van der Waals surface area contributed by atoms with E-state index in [1.165, 1.54) is 61.6 Å². The van der Waals surface area contributed by atoms with E-state index >= 15 is 0 Å². The van der Waals surface area contributed by atoms with E-state index in [9.17, 15) is 0 Å². The van der Waals surface area contributed by atoms with E-state index < -0.39 is 0 Å². The SMILES string of the molecule is Cc1cc(C)cc(CC(N)CC2CCCCCC2)c1. The highest BCUT2D eigenvalue weighted by atomic mass is 14.6.